The molecule has 1 nitrogen and oxygen atoms in total. The smallest absolute Gasteiger partial charge is 0.0467 e. The fourth-order valence-electron chi connectivity index (χ4n) is 3.31. The molecule has 0 heterocycles. The van der Waals surface area contributed by atoms with Crippen LogP contribution in [0, 0.1) is 41.5 Å². The van der Waals surface area contributed by atoms with Gasteiger partial charge in [0.05, 0.1) is 0 Å². The maximum absolute atomic E-state index is 2.36. The molecule has 0 saturated carbocycles. The van der Waals surface area contributed by atoms with Crippen molar-refractivity contribution in [2.45, 2.75) is 41.5 Å². The second-order valence-corrected chi connectivity index (χ2v) is 7.08. The van der Waals surface area contributed by atoms with Crippen molar-refractivity contribution < 1.29 is 0 Å². The lowest BCUT2D eigenvalue weighted by Crippen LogP contribution is -2.11. The van der Waals surface area contributed by atoms with E-state index in [1.807, 2.05) is 0 Å². The zero-order chi connectivity index (χ0) is 18.1. The van der Waals surface area contributed by atoms with Crippen molar-refractivity contribution >= 4 is 17.1 Å². The fourth-order valence-corrected chi connectivity index (χ4v) is 3.31. The van der Waals surface area contributed by atoms with Gasteiger partial charge in [-0.25, -0.2) is 0 Å². The normalized spacial score (nSPS) is 10.8. The third-order valence-electron chi connectivity index (χ3n) is 5.35. The van der Waals surface area contributed by atoms with Crippen molar-refractivity contribution in [1.29, 1.82) is 0 Å². The van der Waals surface area contributed by atoms with E-state index in [4.69, 9.17) is 0 Å². The summed E-state index contributed by atoms with van der Waals surface area (Å²) in [4.78, 5) is 2.36. The van der Waals surface area contributed by atoms with E-state index in [1.54, 1.807) is 0 Å². The molecule has 0 atom stereocenters. The van der Waals surface area contributed by atoms with Crippen LogP contribution in [0.3, 0.4) is 0 Å². The van der Waals surface area contributed by atoms with Gasteiger partial charge in [0.15, 0.2) is 0 Å². The second-order valence-electron chi connectivity index (χ2n) is 7.08. The van der Waals surface area contributed by atoms with Gasteiger partial charge in [-0.05, 0) is 111 Å². The highest BCUT2D eigenvalue weighted by Gasteiger charge is 2.15. The Balaban J connectivity index is 2.25. The van der Waals surface area contributed by atoms with Gasteiger partial charge in [-0.1, -0.05) is 18.2 Å². The van der Waals surface area contributed by atoms with Crippen molar-refractivity contribution in [3.63, 3.8) is 0 Å². The summed E-state index contributed by atoms with van der Waals surface area (Å²) in [5.41, 5.74) is 11.7. The lowest BCUT2D eigenvalue weighted by Gasteiger charge is -2.28. The summed E-state index contributed by atoms with van der Waals surface area (Å²) in [6, 6.07) is 19.8. The Morgan fingerprint density at radius 1 is 0.480 bits per heavy atom. The molecular formula is C24H27N. The Bertz CT molecular complexity index is 803. The molecule has 0 spiro atoms. The predicted octanol–water partition coefficient (Wildman–Crippen LogP) is 7.01. The summed E-state index contributed by atoms with van der Waals surface area (Å²) in [6.45, 7) is 13.2. The highest BCUT2D eigenvalue weighted by molar-refractivity contribution is 5.78. The van der Waals surface area contributed by atoms with Crippen LogP contribution in [-0.4, -0.2) is 0 Å². The van der Waals surface area contributed by atoms with Gasteiger partial charge in [0, 0.05) is 17.1 Å². The van der Waals surface area contributed by atoms with E-state index >= 15 is 0 Å². The fraction of sp³-hybridized carbons (Fsp3) is 0.250. The zero-order valence-electron chi connectivity index (χ0n) is 16.1. The molecule has 0 N–H and O–H groups in total. The van der Waals surface area contributed by atoms with E-state index in [0.717, 1.165) is 0 Å². The Morgan fingerprint density at radius 3 is 1.20 bits per heavy atom. The van der Waals surface area contributed by atoms with Crippen LogP contribution in [0.25, 0.3) is 0 Å². The molecule has 128 valence electrons. The van der Waals surface area contributed by atoms with Crippen molar-refractivity contribution in [2.75, 3.05) is 4.90 Å². The van der Waals surface area contributed by atoms with Gasteiger partial charge in [0.2, 0.25) is 0 Å². The maximum atomic E-state index is 2.36. The molecular weight excluding hydrogens is 302 g/mol. The molecule has 25 heavy (non-hydrogen) atoms. The Morgan fingerprint density at radius 2 is 0.840 bits per heavy atom. The molecule has 3 aromatic rings. The maximum Gasteiger partial charge on any atom is 0.0467 e. The molecule has 0 unspecified atom stereocenters. The zero-order valence-corrected chi connectivity index (χ0v) is 16.1. The SMILES string of the molecule is Cc1cc(N(c2ccccc2)c2cc(C)c(C)c(C)c2)cc(C)c1C. The first-order chi connectivity index (χ1) is 11.9. The van der Waals surface area contributed by atoms with Crippen molar-refractivity contribution in [3.8, 4) is 0 Å². The number of benzene rings is 3. The molecule has 0 fully saturated rings. The number of para-hydroxylation sites is 1. The summed E-state index contributed by atoms with van der Waals surface area (Å²) >= 11 is 0. The van der Waals surface area contributed by atoms with E-state index in [-0.39, 0.29) is 0 Å². The van der Waals surface area contributed by atoms with Crippen LogP contribution in [-0.2, 0) is 0 Å². The van der Waals surface area contributed by atoms with Crippen LogP contribution >= 0.6 is 0 Å². The van der Waals surface area contributed by atoms with Gasteiger partial charge >= 0.3 is 0 Å². The quantitative estimate of drug-likeness (QED) is 0.499. The van der Waals surface area contributed by atoms with Gasteiger partial charge in [-0.15, -0.1) is 0 Å². The molecule has 3 rings (SSSR count). The molecule has 0 amide bonds. The molecule has 0 aliphatic heterocycles. The first-order valence-electron chi connectivity index (χ1n) is 8.89. The highest BCUT2D eigenvalue weighted by Crippen LogP contribution is 2.37. The Kier molecular flexibility index (Phi) is 4.67. The van der Waals surface area contributed by atoms with Crippen molar-refractivity contribution in [2.24, 2.45) is 0 Å². The number of anilines is 3. The molecule has 0 aliphatic rings. The van der Waals surface area contributed by atoms with Crippen LogP contribution in [0.1, 0.15) is 33.4 Å². The largest absolute Gasteiger partial charge is 0.310 e. The average Bonchev–Trinajstić information content (AvgIpc) is 2.58. The summed E-state index contributed by atoms with van der Waals surface area (Å²) in [5, 5.41) is 0. The van der Waals surface area contributed by atoms with E-state index in [9.17, 15) is 0 Å². The molecule has 0 aromatic heterocycles. The lowest BCUT2D eigenvalue weighted by molar-refractivity contribution is 1.19. The summed E-state index contributed by atoms with van der Waals surface area (Å²) in [5.74, 6) is 0. The van der Waals surface area contributed by atoms with Crippen molar-refractivity contribution in [3.05, 3.63) is 88.0 Å². The number of aryl methyl sites for hydroxylation is 4. The molecule has 3 aromatic carbocycles. The minimum absolute atomic E-state index is 1.19. The number of rotatable bonds is 3. The molecule has 0 radical (unpaired) electrons. The first-order valence-corrected chi connectivity index (χ1v) is 8.89. The second kappa shape index (κ2) is 6.76. The standard InChI is InChI=1S/C24H27N/c1-16-12-23(13-17(2)20(16)5)25(22-10-8-7-9-11-22)24-14-18(3)21(6)19(4)15-24/h7-15H,1-6H3. The van der Waals surface area contributed by atoms with Crippen LogP contribution in [0.5, 0.6) is 0 Å². The first kappa shape index (κ1) is 17.3. The minimum atomic E-state index is 1.19. The summed E-state index contributed by atoms with van der Waals surface area (Å²) in [6.07, 6.45) is 0. The van der Waals surface area contributed by atoms with E-state index in [0.29, 0.717) is 0 Å². The van der Waals surface area contributed by atoms with Gasteiger partial charge in [0.1, 0.15) is 0 Å². The van der Waals surface area contributed by atoms with Crippen LogP contribution in [0.4, 0.5) is 17.1 Å². The van der Waals surface area contributed by atoms with E-state index < -0.39 is 0 Å². The van der Waals surface area contributed by atoms with Gasteiger partial charge < -0.3 is 4.90 Å². The summed E-state index contributed by atoms with van der Waals surface area (Å²) < 4.78 is 0. The van der Waals surface area contributed by atoms with Crippen molar-refractivity contribution in [1.82, 2.24) is 0 Å². The Hall–Kier alpha value is -2.54. The van der Waals surface area contributed by atoms with Crippen LogP contribution in [0.2, 0.25) is 0 Å². The van der Waals surface area contributed by atoms with Crippen LogP contribution in [0.15, 0.2) is 54.6 Å². The van der Waals surface area contributed by atoms with E-state index in [2.05, 4.69) is 101 Å². The third kappa shape index (κ3) is 3.32. The molecule has 0 saturated heterocycles. The third-order valence-corrected chi connectivity index (χ3v) is 5.35. The predicted molar refractivity (Wildman–Crippen MR) is 110 cm³/mol. The van der Waals surface area contributed by atoms with Crippen LogP contribution < -0.4 is 4.90 Å². The Labute approximate surface area is 151 Å². The van der Waals surface area contributed by atoms with Gasteiger partial charge in [-0.2, -0.15) is 0 Å². The topological polar surface area (TPSA) is 3.24 Å². The van der Waals surface area contributed by atoms with Gasteiger partial charge in [0.25, 0.3) is 0 Å². The molecule has 0 aliphatic carbocycles. The average molecular weight is 329 g/mol. The minimum Gasteiger partial charge on any atom is -0.310 e. The van der Waals surface area contributed by atoms with Gasteiger partial charge in [-0.3, -0.25) is 0 Å². The monoisotopic (exact) mass is 329 g/mol. The summed E-state index contributed by atoms with van der Waals surface area (Å²) in [7, 11) is 0. The highest BCUT2D eigenvalue weighted by atomic mass is 15.1. The van der Waals surface area contributed by atoms with E-state index in [1.165, 1.54) is 50.4 Å². The number of nitrogens with zero attached hydrogens (tertiary/aromatic N) is 1. The molecule has 0 bridgehead atoms. The molecule has 1 heteroatoms. The number of hydrogen-bond acceptors (Lipinski definition) is 1. The lowest BCUT2D eigenvalue weighted by atomic mass is 10.00. The number of hydrogen-bond donors (Lipinski definition) is 0.